The first-order valence-electron chi connectivity index (χ1n) is 11.8. The largest absolute Gasteiger partial charge is 0.486 e. The lowest BCUT2D eigenvalue weighted by molar-refractivity contribution is 0.0780. The van der Waals surface area contributed by atoms with Crippen molar-refractivity contribution in [2.75, 3.05) is 16.3 Å². The van der Waals surface area contributed by atoms with E-state index in [2.05, 4.69) is 15.0 Å². The van der Waals surface area contributed by atoms with Gasteiger partial charge < -0.3 is 24.4 Å². The molecule has 3 N–H and O–H groups in total. The standard InChI is InChI=1S/C28H27ClF2N4O3S/c1-28(2,37)18-5-16(6-20(30)8-18)15-38-25-11-21(31)13-32-26(25)24-7-17(14-35(24)3)27(36)33-22-9-19(29)10-23(12-22)34-39-4/h5-14,34,37H,15H2,1-4H3,(H,33,36). The summed E-state index contributed by atoms with van der Waals surface area (Å²) < 4.78 is 38.9. The minimum Gasteiger partial charge on any atom is -0.486 e. The molecule has 0 aliphatic heterocycles. The lowest BCUT2D eigenvalue weighted by Crippen LogP contribution is -2.16. The van der Waals surface area contributed by atoms with Crippen LogP contribution < -0.4 is 14.8 Å². The lowest BCUT2D eigenvalue weighted by Gasteiger charge is -2.19. The van der Waals surface area contributed by atoms with Gasteiger partial charge in [-0.05, 0) is 67.4 Å². The van der Waals surface area contributed by atoms with Gasteiger partial charge in [0.2, 0.25) is 0 Å². The molecule has 11 heteroatoms. The number of aliphatic hydroxyl groups is 1. The highest BCUT2D eigenvalue weighted by Gasteiger charge is 2.20. The topological polar surface area (TPSA) is 88.4 Å². The summed E-state index contributed by atoms with van der Waals surface area (Å²) in [6.07, 6.45) is 4.54. The number of benzene rings is 2. The summed E-state index contributed by atoms with van der Waals surface area (Å²) >= 11 is 7.58. The normalized spacial score (nSPS) is 11.4. The van der Waals surface area contributed by atoms with Crippen molar-refractivity contribution in [3.63, 3.8) is 0 Å². The van der Waals surface area contributed by atoms with Crippen molar-refractivity contribution >= 4 is 40.8 Å². The second kappa shape index (κ2) is 11.6. The Hall–Kier alpha value is -3.60. The van der Waals surface area contributed by atoms with E-state index in [-0.39, 0.29) is 18.3 Å². The van der Waals surface area contributed by atoms with E-state index in [9.17, 15) is 18.7 Å². The molecule has 2 heterocycles. The number of hydrogen-bond acceptors (Lipinski definition) is 6. The van der Waals surface area contributed by atoms with Crippen molar-refractivity contribution in [2.45, 2.75) is 26.1 Å². The first-order valence-corrected chi connectivity index (χ1v) is 13.4. The fourth-order valence-electron chi connectivity index (χ4n) is 3.94. The van der Waals surface area contributed by atoms with Gasteiger partial charge in [-0.25, -0.2) is 13.8 Å². The first kappa shape index (κ1) is 28.4. The number of aromatic nitrogens is 2. The molecule has 1 amide bonds. The molecule has 4 rings (SSSR count). The number of ether oxygens (including phenoxy) is 1. The van der Waals surface area contributed by atoms with Crippen LogP contribution in [0.1, 0.15) is 35.3 Å². The van der Waals surface area contributed by atoms with Gasteiger partial charge in [0.05, 0.1) is 23.1 Å². The molecule has 0 radical (unpaired) electrons. The molecular formula is C28H27ClF2N4O3S. The SMILES string of the molecule is CSNc1cc(Cl)cc(NC(=O)c2cc(-c3ncc(F)cc3OCc3cc(F)cc(C(C)(C)O)c3)n(C)c2)c1. The first-order chi connectivity index (χ1) is 18.4. The Labute approximate surface area is 234 Å². The highest BCUT2D eigenvalue weighted by Crippen LogP contribution is 2.32. The van der Waals surface area contributed by atoms with Gasteiger partial charge in [0.1, 0.15) is 23.9 Å². The van der Waals surface area contributed by atoms with E-state index < -0.39 is 17.2 Å². The Morgan fingerprint density at radius 1 is 1.10 bits per heavy atom. The van der Waals surface area contributed by atoms with Crippen LogP contribution in [-0.2, 0) is 19.3 Å². The average molecular weight is 573 g/mol. The number of aryl methyl sites for hydroxylation is 1. The summed E-state index contributed by atoms with van der Waals surface area (Å²) in [6, 6.07) is 12.1. The third-order valence-corrected chi connectivity index (χ3v) is 6.42. The Morgan fingerprint density at radius 3 is 2.56 bits per heavy atom. The highest BCUT2D eigenvalue weighted by atomic mass is 35.5. The summed E-state index contributed by atoms with van der Waals surface area (Å²) in [5.74, 6) is -1.41. The molecule has 0 fully saturated rings. The third-order valence-electron chi connectivity index (χ3n) is 5.76. The molecule has 2 aromatic heterocycles. The van der Waals surface area contributed by atoms with Crippen molar-refractivity contribution in [3.05, 3.63) is 94.3 Å². The van der Waals surface area contributed by atoms with E-state index >= 15 is 0 Å². The van der Waals surface area contributed by atoms with Gasteiger partial charge in [0.15, 0.2) is 5.75 Å². The maximum absolute atomic E-state index is 14.2. The van der Waals surface area contributed by atoms with Gasteiger partial charge in [-0.1, -0.05) is 23.5 Å². The zero-order valence-electron chi connectivity index (χ0n) is 21.7. The monoisotopic (exact) mass is 572 g/mol. The Kier molecular flexibility index (Phi) is 8.48. The van der Waals surface area contributed by atoms with Crippen LogP contribution in [0.4, 0.5) is 20.2 Å². The number of hydrogen-bond donors (Lipinski definition) is 3. The van der Waals surface area contributed by atoms with Crippen LogP contribution in [0.2, 0.25) is 5.02 Å². The van der Waals surface area contributed by atoms with Gasteiger partial charge >= 0.3 is 0 Å². The number of amides is 1. The number of halogens is 3. The number of carbonyl (C=O) groups is 1. The van der Waals surface area contributed by atoms with E-state index in [0.29, 0.717) is 38.8 Å². The molecule has 204 valence electrons. The molecule has 7 nitrogen and oxygen atoms in total. The molecule has 0 spiro atoms. The lowest BCUT2D eigenvalue weighted by atomic mass is 9.96. The molecule has 39 heavy (non-hydrogen) atoms. The van der Waals surface area contributed by atoms with Crippen molar-refractivity contribution in [3.8, 4) is 17.1 Å². The van der Waals surface area contributed by atoms with E-state index in [1.165, 1.54) is 30.1 Å². The van der Waals surface area contributed by atoms with Gasteiger partial charge in [0.25, 0.3) is 5.91 Å². The number of anilines is 2. The molecule has 0 aliphatic rings. The quantitative estimate of drug-likeness (QED) is 0.192. The maximum atomic E-state index is 14.2. The van der Waals surface area contributed by atoms with E-state index in [0.717, 1.165) is 11.9 Å². The Morgan fingerprint density at radius 2 is 1.85 bits per heavy atom. The highest BCUT2D eigenvalue weighted by molar-refractivity contribution is 7.99. The van der Waals surface area contributed by atoms with Gasteiger partial charge in [0, 0.05) is 42.0 Å². The average Bonchev–Trinajstić information content (AvgIpc) is 3.23. The number of carbonyl (C=O) groups excluding carboxylic acids is 1. The molecule has 0 saturated heterocycles. The molecule has 0 atom stereocenters. The van der Waals surface area contributed by atoms with Crippen molar-refractivity contribution in [2.24, 2.45) is 7.05 Å². The third kappa shape index (κ3) is 7.08. The zero-order chi connectivity index (χ0) is 28.3. The van der Waals surface area contributed by atoms with Crippen LogP contribution >= 0.6 is 23.5 Å². The number of rotatable bonds is 9. The minimum atomic E-state index is -1.25. The summed E-state index contributed by atoms with van der Waals surface area (Å²) in [7, 11) is 1.73. The molecular weight excluding hydrogens is 546 g/mol. The molecule has 0 aliphatic carbocycles. The van der Waals surface area contributed by atoms with Crippen molar-refractivity contribution in [1.29, 1.82) is 0 Å². The predicted octanol–water partition coefficient (Wildman–Crippen LogP) is 6.77. The van der Waals surface area contributed by atoms with Crippen molar-refractivity contribution < 1.29 is 23.4 Å². The summed E-state index contributed by atoms with van der Waals surface area (Å²) in [5.41, 5.74) is 1.97. The molecule has 0 saturated carbocycles. The second-order valence-electron chi connectivity index (χ2n) is 9.41. The van der Waals surface area contributed by atoms with Crippen LogP contribution in [0.15, 0.2) is 60.9 Å². The summed E-state index contributed by atoms with van der Waals surface area (Å²) in [4.78, 5) is 17.2. The molecule has 0 unspecified atom stereocenters. The molecule has 4 aromatic rings. The Balaban J connectivity index is 1.59. The fraction of sp³-hybridized carbons (Fsp3) is 0.214. The van der Waals surface area contributed by atoms with Crippen LogP contribution in [0.25, 0.3) is 11.4 Å². The van der Waals surface area contributed by atoms with Crippen LogP contribution in [0.3, 0.4) is 0 Å². The maximum Gasteiger partial charge on any atom is 0.257 e. The summed E-state index contributed by atoms with van der Waals surface area (Å²) in [5, 5.41) is 13.6. The number of nitrogens with zero attached hydrogens (tertiary/aromatic N) is 2. The molecule has 2 aromatic carbocycles. The Bertz CT molecular complexity index is 1520. The van der Waals surface area contributed by atoms with E-state index in [1.807, 2.05) is 6.26 Å². The number of pyridine rings is 1. The predicted molar refractivity (Wildman–Crippen MR) is 151 cm³/mol. The fourth-order valence-corrected chi connectivity index (χ4v) is 4.53. The van der Waals surface area contributed by atoms with Crippen LogP contribution in [0, 0.1) is 11.6 Å². The van der Waals surface area contributed by atoms with Gasteiger partial charge in [-0.15, -0.1) is 0 Å². The molecule has 0 bridgehead atoms. The van der Waals surface area contributed by atoms with E-state index in [4.69, 9.17) is 16.3 Å². The van der Waals surface area contributed by atoms with Crippen molar-refractivity contribution in [1.82, 2.24) is 9.55 Å². The summed E-state index contributed by atoms with van der Waals surface area (Å²) in [6.45, 7) is 3.01. The van der Waals surface area contributed by atoms with Crippen LogP contribution in [0.5, 0.6) is 5.75 Å². The smallest absolute Gasteiger partial charge is 0.257 e. The second-order valence-corrected chi connectivity index (χ2v) is 10.5. The van der Waals surface area contributed by atoms with Crippen LogP contribution in [-0.4, -0.2) is 26.8 Å². The minimum absolute atomic E-state index is 0.0993. The zero-order valence-corrected chi connectivity index (χ0v) is 23.3. The van der Waals surface area contributed by atoms with Gasteiger partial charge in [-0.2, -0.15) is 0 Å². The van der Waals surface area contributed by atoms with E-state index in [1.54, 1.807) is 62.0 Å². The number of nitrogens with one attached hydrogen (secondary N) is 2. The van der Waals surface area contributed by atoms with Gasteiger partial charge in [-0.3, -0.25) is 4.79 Å².